The SMILES string of the molecule is CSc1ccc(C(=O)NC2CCN(Cc3ccc(Cl)cc3)CC2)cc1. The van der Waals surface area contributed by atoms with E-state index in [0.29, 0.717) is 0 Å². The molecule has 5 heteroatoms. The number of halogens is 1. The highest BCUT2D eigenvalue weighted by atomic mass is 35.5. The van der Waals surface area contributed by atoms with Crippen LogP contribution in [0, 0.1) is 0 Å². The molecule has 1 amide bonds. The van der Waals surface area contributed by atoms with Crippen molar-refractivity contribution >= 4 is 29.3 Å². The minimum absolute atomic E-state index is 0.0313. The lowest BCUT2D eigenvalue weighted by Crippen LogP contribution is -2.44. The number of benzene rings is 2. The smallest absolute Gasteiger partial charge is 0.251 e. The van der Waals surface area contributed by atoms with Gasteiger partial charge >= 0.3 is 0 Å². The molecule has 0 radical (unpaired) electrons. The fraction of sp³-hybridized carbons (Fsp3) is 0.350. The van der Waals surface area contributed by atoms with E-state index in [-0.39, 0.29) is 11.9 Å². The predicted octanol–water partition coefficient (Wildman–Crippen LogP) is 4.46. The summed E-state index contributed by atoms with van der Waals surface area (Å²) in [6, 6.07) is 16.1. The molecule has 0 unspecified atom stereocenters. The van der Waals surface area contributed by atoms with Crippen molar-refractivity contribution in [1.82, 2.24) is 10.2 Å². The van der Waals surface area contributed by atoms with E-state index in [1.807, 2.05) is 42.7 Å². The van der Waals surface area contributed by atoms with Crippen LogP contribution in [-0.4, -0.2) is 36.2 Å². The molecule has 0 bridgehead atoms. The Kier molecular flexibility index (Phi) is 6.40. The number of hydrogen-bond acceptors (Lipinski definition) is 3. The number of thioether (sulfide) groups is 1. The van der Waals surface area contributed by atoms with Gasteiger partial charge in [0.1, 0.15) is 0 Å². The van der Waals surface area contributed by atoms with Crippen LogP contribution in [0.3, 0.4) is 0 Å². The molecule has 1 aliphatic heterocycles. The maximum absolute atomic E-state index is 12.4. The molecule has 1 N–H and O–H groups in total. The summed E-state index contributed by atoms with van der Waals surface area (Å²) >= 11 is 7.62. The third kappa shape index (κ3) is 5.24. The van der Waals surface area contributed by atoms with E-state index in [2.05, 4.69) is 22.3 Å². The van der Waals surface area contributed by atoms with Crippen LogP contribution in [0.15, 0.2) is 53.4 Å². The molecule has 1 saturated heterocycles. The van der Waals surface area contributed by atoms with E-state index in [4.69, 9.17) is 11.6 Å². The lowest BCUT2D eigenvalue weighted by Gasteiger charge is -2.32. The number of nitrogens with one attached hydrogen (secondary N) is 1. The molecule has 0 spiro atoms. The zero-order chi connectivity index (χ0) is 17.6. The lowest BCUT2D eigenvalue weighted by molar-refractivity contribution is 0.0909. The van der Waals surface area contributed by atoms with Crippen LogP contribution in [0.1, 0.15) is 28.8 Å². The Labute approximate surface area is 158 Å². The van der Waals surface area contributed by atoms with E-state index in [9.17, 15) is 4.79 Å². The van der Waals surface area contributed by atoms with Gasteiger partial charge in [-0.3, -0.25) is 9.69 Å². The predicted molar refractivity (Wildman–Crippen MR) is 105 cm³/mol. The highest BCUT2D eigenvalue weighted by Gasteiger charge is 2.21. The van der Waals surface area contributed by atoms with Gasteiger partial charge in [-0.25, -0.2) is 0 Å². The fourth-order valence-electron chi connectivity index (χ4n) is 3.09. The van der Waals surface area contributed by atoms with Crippen molar-refractivity contribution in [3.63, 3.8) is 0 Å². The summed E-state index contributed by atoms with van der Waals surface area (Å²) in [6.45, 7) is 2.94. The average Bonchev–Trinajstić information content (AvgIpc) is 2.65. The number of carbonyl (C=O) groups is 1. The van der Waals surface area contributed by atoms with E-state index < -0.39 is 0 Å². The topological polar surface area (TPSA) is 32.3 Å². The Morgan fingerprint density at radius 2 is 1.76 bits per heavy atom. The van der Waals surface area contributed by atoms with Gasteiger partial charge in [0.15, 0.2) is 0 Å². The van der Waals surface area contributed by atoms with E-state index in [1.165, 1.54) is 10.5 Å². The van der Waals surface area contributed by atoms with E-state index >= 15 is 0 Å². The quantitative estimate of drug-likeness (QED) is 0.784. The zero-order valence-corrected chi connectivity index (χ0v) is 15.9. The molecule has 1 aliphatic rings. The van der Waals surface area contributed by atoms with Gasteiger partial charge in [0, 0.05) is 41.2 Å². The van der Waals surface area contributed by atoms with Crippen LogP contribution in [-0.2, 0) is 6.54 Å². The first kappa shape index (κ1) is 18.3. The summed E-state index contributed by atoms with van der Waals surface area (Å²) in [7, 11) is 0. The molecule has 2 aromatic rings. The second-order valence-corrected chi connectivity index (χ2v) is 7.69. The van der Waals surface area contributed by atoms with Gasteiger partial charge in [-0.15, -0.1) is 11.8 Å². The van der Waals surface area contributed by atoms with Crippen LogP contribution in [0.5, 0.6) is 0 Å². The van der Waals surface area contributed by atoms with Crippen molar-refractivity contribution in [3.05, 3.63) is 64.7 Å². The van der Waals surface area contributed by atoms with Gasteiger partial charge in [0.2, 0.25) is 0 Å². The third-order valence-electron chi connectivity index (χ3n) is 4.59. The Balaban J connectivity index is 1.46. The Hall–Kier alpha value is -1.49. The summed E-state index contributed by atoms with van der Waals surface area (Å²) < 4.78 is 0. The number of likely N-dealkylation sites (tertiary alicyclic amines) is 1. The van der Waals surface area contributed by atoms with Gasteiger partial charge < -0.3 is 5.32 Å². The first-order chi connectivity index (χ1) is 12.1. The lowest BCUT2D eigenvalue weighted by atomic mass is 10.0. The normalized spacial score (nSPS) is 15.9. The average molecular weight is 375 g/mol. The maximum atomic E-state index is 12.4. The van der Waals surface area contributed by atoms with Crippen LogP contribution in [0.2, 0.25) is 5.02 Å². The van der Waals surface area contributed by atoms with Crippen molar-refractivity contribution in [2.24, 2.45) is 0 Å². The molecule has 132 valence electrons. The molecular formula is C20H23ClN2OS. The zero-order valence-electron chi connectivity index (χ0n) is 14.4. The molecule has 0 saturated carbocycles. The number of piperidine rings is 1. The maximum Gasteiger partial charge on any atom is 0.251 e. The molecule has 1 fully saturated rings. The summed E-state index contributed by atoms with van der Waals surface area (Å²) in [4.78, 5) is 16.0. The summed E-state index contributed by atoms with van der Waals surface area (Å²) in [6.07, 6.45) is 4.01. The minimum Gasteiger partial charge on any atom is -0.349 e. The van der Waals surface area contributed by atoms with Crippen LogP contribution < -0.4 is 5.32 Å². The van der Waals surface area contributed by atoms with Crippen LogP contribution in [0.25, 0.3) is 0 Å². The Morgan fingerprint density at radius 1 is 1.12 bits per heavy atom. The molecule has 0 aliphatic carbocycles. The van der Waals surface area contributed by atoms with Crippen molar-refractivity contribution in [3.8, 4) is 0 Å². The van der Waals surface area contributed by atoms with Crippen molar-refractivity contribution in [1.29, 1.82) is 0 Å². The van der Waals surface area contributed by atoms with Crippen molar-refractivity contribution < 1.29 is 4.79 Å². The molecule has 25 heavy (non-hydrogen) atoms. The number of carbonyl (C=O) groups excluding carboxylic acids is 1. The minimum atomic E-state index is 0.0313. The second kappa shape index (κ2) is 8.75. The van der Waals surface area contributed by atoms with Gasteiger partial charge in [0.05, 0.1) is 0 Å². The summed E-state index contributed by atoms with van der Waals surface area (Å²) in [5, 5.41) is 3.95. The van der Waals surface area contributed by atoms with E-state index in [1.54, 1.807) is 11.8 Å². The Morgan fingerprint density at radius 3 is 2.36 bits per heavy atom. The molecule has 0 aromatic heterocycles. The summed E-state index contributed by atoms with van der Waals surface area (Å²) in [5.74, 6) is 0.0313. The number of amides is 1. The van der Waals surface area contributed by atoms with Crippen LogP contribution >= 0.6 is 23.4 Å². The summed E-state index contributed by atoms with van der Waals surface area (Å²) in [5.41, 5.74) is 2.02. The molecule has 1 heterocycles. The van der Waals surface area contributed by atoms with Gasteiger partial charge in [-0.1, -0.05) is 23.7 Å². The fourth-order valence-corrected chi connectivity index (χ4v) is 3.63. The van der Waals surface area contributed by atoms with Crippen LogP contribution in [0.4, 0.5) is 0 Å². The number of nitrogens with zero attached hydrogens (tertiary/aromatic N) is 1. The first-order valence-electron chi connectivity index (χ1n) is 8.56. The molecule has 2 aromatic carbocycles. The van der Waals surface area contributed by atoms with E-state index in [0.717, 1.165) is 43.1 Å². The van der Waals surface area contributed by atoms with Crippen molar-refractivity contribution in [2.75, 3.05) is 19.3 Å². The van der Waals surface area contributed by atoms with Gasteiger partial charge in [-0.05, 0) is 61.1 Å². The molecule has 3 rings (SSSR count). The van der Waals surface area contributed by atoms with Crippen molar-refractivity contribution in [2.45, 2.75) is 30.3 Å². The highest BCUT2D eigenvalue weighted by molar-refractivity contribution is 7.98. The molecular weight excluding hydrogens is 352 g/mol. The first-order valence-corrected chi connectivity index (χ1v) is 10.2. The monoisotopic (exact) mass is 374 g/mol. The molecule has 0 atom stereocenters. The number of hydrogen-bond donors (Lipinski definition) is 1. The Bertz CT molecular complexity index is 695. The largest absolute Gasteiger partial charge is 0.349 e. The number of rotatable bonds is 5. The van der Waals surface area contributed by atoms with Gasteiger partial charge in [0.25, 0.3) is 5.91 Å². The standard InChI is InChI=1S/C20H23ClN2OS/c1-25-19-8-4-16(5-9-19)20(24)22-18-10-12-23(13-11-18)14-15-2-6-17(21)7-3-15/h2-9,18H,10-14H2,1H3,(H,22,24). The second-order valence-electron chi connectivity index (χ2n) is 6.38. The highest BCUT2D eigenvalue weighted by Crippen LogP contribution is 2.17. The molecule has 3 nitrogen and oxygen atoms in total. The van der Waals surface area contributed by atoms with Gasteiger partial charge in [-0.2, -0.15) is 0 Å². The third-order valence-corrected chi connectivity index (χ3v) is 5.59.